The van der Waals surface area contributed by atoms with E-state index in [-0.39, 0.29) is 11.9 Å². The zero-order chi connectivity index (χ0) is 16.1. The molecular formula is C18H19N3O2. The van der Waals surface area contributed by atoms with Gasteiger partial charge in [0.05, 0.1) is 0 Å². The number of urea groups is 1. The first kappa shape index (κ1) is 15.1. The van der Waals surface area contributed by atoms with Crippen molar-refractivity contribution in [3.8, 4) is 0 Å². The monoisotopic (exact) mass is 309 g/mol. The lowest BCUT2D eigenvalue weighted by atomic mass is 10.0. The highest BCUT2D eigenvalue weighted by Gasteiger charge is 2.15. The summed E-state index contributed by atoms with van der Waals surface area (Å²) in [5.74, 6) is 0.0388. The van der Waals surface area contributed by atoms with E-state index in [2.05, 4.69) is 16.0 Å². The Balaban J connectivity index is 1.51. The third kappa shape index (κ3) is 4.10. The third-order valence-corrected chi connectivity index (χ3v) is 3.80. The molecule has 2 aromatic rings. The van der Waals surface area contributed by atoms with Crippen molar-refractivity contribution < 1.29 is 9.59 Å². The minimum atomic E-state index is -0.222. The number of anilines is 2. The van der Waals surface area contributed by atoms with Gasteiger partial charge in [-0.05, 0) is 42.2 Å². The fraction of sp³-hybridized carbons (Fsp3) is 0.222. The van der Waals surface area contributed by atoms with Crippen LogP contribution in [0.2, 0.25) is 0 Å². The van der Waals surface area contributed by atoms with Gasteiger partial charge in [0, 0.05) is 24.3 Å². The molecule has 0 unspecified atom stereocenters. The average molecular weight is 309 g/mol. The molecule has 0 bridgehead atoms. The zero-order valence-electron chi connectivity index (χ0n) is 12.8. The lowest BCUT2D eigenvalue weighted by molar-refractivity contribution is -0.116. The largest absolute Gasteiger partial charge is 0.338 e. The van der Waals surface area contributed by atoms with Crippen LogP contribution in [0.5, 0.6) is 0 Å². The second kappa shape index (κ2) is 6.96. The van der Waals surface area contributed by atoms with Gasteiger partial charge in [-0.3, -0.25) is 4.79 Å². The lowest BCUT2D eigenvalue weighted by Gasteiger charge is -2.17. The van der Waals surface area contributed by atoms with Crippen molar-refractivity contribution in [1.29, 1.82) is 0 Å². The Morgan fingerprint density at radius 1 is 1.09 bits per heavy atom. The zero-order valence-corrected chi connectivity index (χ0v) is 12.8. The van der Waals surface area contributed by atoms with Gasteiger partial charge in [-0.25, -0.2) is 4.79 Å². The quantitative estimate of drug-likeness (QED) is 0.812. The fourth-order valence-electron chi connectivity index (χ4n) is 2.60. The molecule has 2 aromatic carbocycles. The van der Waals surface area contributed by atoms with Gasteiger partial charge in [0.1, 0.15) is 0 Å². The van der Waals surface area contributed by atoms with Crippen LogP contribution >= 0.6 is 0 Å². The standard InChI is InChI=1S/C18H19N3O2/c22-17-9-6-14-12-15(7-8-16(14)21-17)20-18(23)19-11-10-13-4-2-1-3-5-13/h1-5,7-8,12H,6,9-11H2,(H,21,22)(H2,19,20,23). The van der Waals surface area contributed by atoms with Crippen LogP contribution in [-0.2, 0) is 17.6 Å². The molecule has 1 aliphatic rings. The molecule has 3 rings (SSSR count). The lowest BCUT2D eigenvalue weighted by Crippen LogP contribution is -2.30. The molecule has 3 N–H and O–H groups in total. The smallest absolute Gasteiger partial charge is 0.319 e. The molecule has 5 nitrogen and oxygen atoms in total. The first-order chi connectivity index (χ1) is 11.2. The summed E-state index contributed by atoms with van der Waals surface area (Å²) in [6.07, 6.45) is 1.98. The summed E-state index contributed by atoms with van der Waals surface area (Å²) < 4.78 is 0. The van der Waals surface area contributed by atoms with Gasteiger partial charge in [0.25, 0.3) is 0 Å². The number of hydrogen-bond donors (Lipinski definition) is 3. The number of nitrogens with one attached hydrogen (secondary N) is 3. The summed E-state index contributed by atoms with van der Waals surface area (Å²) in [6.45, 7) is 0.580. The van der Waals surface area contributed by atoms with E-state index in [1.165, 1.54) is 5.56 Å². The molecule has 118 valence electrons. The highest BCUT2D eigenvalue weighted by molar-refractivity contribution is 5.95. The number of hydrogen-bond acceptors (Lipinski definition) is 2. The number of carbonyl (C=O) groups is 2. The van der Waals surface area contributed by atoms with Crippen LogP contribution in [0.3, 0.4) is 0 Å². The Hall–Kier alpha value is -2.82. The van der Waals surface area contributed by atoms with E-state index in [0.717, 1.165) is 23.4 Å². The van der Waals surface area contributed by atoms with Crippen LogP contribution in [0.15, 0.2) is 48.5 Å². The summed E-state index contributed by atoms with van der Waals surface area (Å²) in [7, 11) is 0. The van der Waals surface area contributed by atoms with Gasteiger partial charge in [0.2, 0.25) is 5.91 Å². The van der Waals surface area contributed by atoms with Gasteiger partial charge >= 0.3 is 6.03 Å². The molecule has 0 spiro atoms. The summed E-state index contributed by atoms with van der Waals surface area (Å²) in [6, 6.07) is 15.3. The maximum Gasteiger partial charge on any atom is 0.319 e. The molecule has 1 heterocycles. The van der Waals surface area contributed by atoms with Crippen molar-refractivity contribution in [3.05, 3.63) is 59.7 Å². The fourth-order valence-corrected chi connectivity index (χ4v) is 2.60. The second-order valence-corrected chi connectivity index (χ2v) is 5.54. The van der Waals surface area contributed by atoms with Gasteiger partial charge in [-0.2, -0.15) is 0 Å². The van der Waals surface area contributed by atoms with Crippen molar-refractivity contribution in [1.82, 2.24) is 5.32 Å². The maximum atomic E-state index is 11.9. The Morgan fingerprint density at radius 2 is 1.91 bits per heavy atom. The molecule has 0 saturated carbocycles. The van der Waals surface area contributed by atoms with Crippen LogP contribution in [0.4, 0.5) is 16.2 Å². The number of amides is 3. The molecule has 0 radical (unpaired) electrons. The number of fused-ring (bicyclic) bond motifs is 1. The Morgan fingerprint density at radius 3 is 2.74 bits per heavy atom. The van der Waals surface area contributed by atoms with Crippen LogP contribution in [0.1, 0.15) is 17.5 Å². The summed E-state index contributed by atoms with van der Waals surface area (Å²) in [5, 5.41) is 8.50. The van der Waals surface area contributed by atoms with Gasteiger partial charge in [-0.15, -0.1) is 0 Å². The first-order valence-electron chi connectivity index (χ1n) is 7.72. The third-order valence-electron chi connectivity index (χ3n) is 3.80. The Bertz CT molecular complexity index is 713. The van der Waals surface area contributed by atoms with Gasteiger partial charge < -0.3 is 16.0 Å². The van der Waals surface area contributed by atoms with Gasteiger partial charge in [0.15, 0.2) is 0 Å². The topological polar surface area (TPSA) is 70.2 Å². The first-order valence-corrected chi connectivity index (χ1v) is 7.72. The number of aryl methyl sites for hydroxylation is 1. The molecule has 0 atom stereocenters. The van der Waals surface area contributed by atoms with Crippen LogP contribution < -0.4 is 16.0 Å². The van der Waals surface area contributed by atoms with E-state index >= 15 is 0 Å². The molecule has 0 fully saturated rings. The number of rotatable bonds is 4. The number of carbonyl (C=O) groups excluding carboxylic acids is 2. The average Bonchev–Trinajstić information content (AvgIpc) is 2.56. The Labute approximate surface area is 135 Å². The predicted molar refractivity (Wildman–Crippen MR) is 90.6 cm³/mol. The summed E-state index contributed by atoms with van der Waals surface area (Å²) >= 11 is 0. The molecule has 23 heavy (non-hydrogen) atoms. The minimum Gasteiger partial charge on any atom is -0.338 e. The van der Waals surface area contributed by atoms with Crippen LogP contribution in [-0.4, -0.2) is 18.5 Å². The normalized spacial score (nSPS) is 13.0. The summed E-state index contributed by atoms with van der Waals surface area (Å²) in [5.41, 5.74) is 3.80. The Kier molecular flexibility index (Phi) is 4.57. The SMILES string of the molecule is O=C1CCc2cc(NC(=O)NCCc3ccccc3)ccc2N1. The van der Waals surface area contributed by atoms with Crippen molar-refractivity contribution in [2.24, 2.45) is 0 Å². The highest BCUT2D eigenvalue weighted by Crippen LogP contribution is 2.25. The van der Waals surface area contributed by atoms with E-state index in [1.54, 1.807) is 6.07 Å². The highest BCUT2D eigenvalue weighted by atomic mass is 16.2. The van der Waals surface area contributed by atoms with Crippen molar-refractivity contribution in [2.45, 2.75) is 19.3 Å². The molecule has 1 aliphatic heterocycles. The molecular weight excluding hydrogens is 290 g/mol. The van der Waals surface area contributed by atoms with Crippen LogP contribution in [0, 0.1) is 0 Å². The van der Waals surface area contributed by atoms with E-state index < -0.39 is 0 Å². The number of benzene rings is 2. The van der Waals surface area contributed by atoms with Crippen molar-refractivity contribution in [2.75, 3.05) is 17.2 Å². The minimum absolute atomic E-state index is 0.0388. The van der Waals surface area contributed by atoms with E-state index in [4.69, 9.17) is 0 Å². The molecule has 0 aromatic heterocycles. The second-order valence-electron chi connectivity index (χ2n) is 5.54. The van der Waals surface area contributed by atoms with Crippen molar-refractivity contribution >= 4 is 23.3 Å². The van der Waals surface area contributed by atoms with E-state index in [1.807, 2.05) is 42.5 Å². The molecule has 0 saturated heterocycles. The molecule has 5 heteroatoms. The van der Waals surface area contributed by atoms with E-state index in [9.17, 15) is 9.59 Å². The van der Waals surface area contributed by atoms with Crippen molar-refractivity contribution in [3.63, 3.8) is 0 Å². The molecule has 3 amide bonds. The van der Waals surface area contributed by atoms with Crippen LogP contribution in [0.25, 0.3) is 0 Å². The molecule has 0 aliphatic carbocycles. The van der Waals surface area contributed by atoms with Gasteiger partial charge in [-0.1, -0.05) is 30.3 Å². The summed E-state index contributed by atoms with van der Waals surface area (Å²) in [4.78, 5) is 23.3. The van der Waals surface area contributed by atoms with E-state index in [0.29, 0.717) is 19.4 Å². The predicted octanol–water partition coefficient (Wildman–Crippen LogP) is 2.94. The maximum absolute atomic E-state index is 11.9.